The number of anilines is 1. The monoisotopic (exact) mass is 429 g/mol. The molecule has 2 aromatic carbocycles. The Hall–Kier alpha value is -3.95. The molecule has 0 spiro atoms. The molecule has 4 rings (SSSR count). The molecule has 0 fully saturated rings. The fraction of sp³-hybridized carbons (Fsp3) is 0.190. The van der Waals surface area contributed by atoms with E-state index in [-0.39, 0.29) is 24.5 Å². The minimum atomic E-state index is -1.07. The Labute approximate surface area is 175 Å². The van der Waals surface area contributed by atoms with Crippen molar-refractivity contribution in [1.29, 1.82) is 0 Å². The van der Waals surface area contributed by atoms with Crippen LogP contribution in [0.25, 0.3) is 0 Å². The van der Waals surface area contributed by atoms with Gasteiger partial charge in [0.25, 0.3) is 5.91 Å². The molecule has 1 atom stereocenters. The molecule has 2 amide bonds. The van der Waals surface area contributed by atoms with E-state index in [1.54, 1.807) is 24.3 Å². The third-order valence-electron chi connectivity index (χ3n) is 4.63. The molecular weight excluding hydrogens is 412 g/mol. The highest BCUT2D eigenvalue weighted by atomic mass is 19.2. The predicted molar refractivity (Wildman–Crippen MR) is 103 cm³/mol. The average Bonchev–Trinajstić information content (AvgIpc) is 3.28. The summed E-state index contributed by atoms with van der Waals surface area (Å²) in [6, 6.07) is 9.11. The van der Waals surface area contributed by atoms with E-state index >= 15 is 0 Å². The van der Waals surface area contributed by atoms with Gasteiger partial charge in [0.05, 0.1) is 18.2 Å². The molecule has 160 valence electrons. The van der Waals surface area contributed by atoms with E-state index in [1.807, 2.05) is 0 Å². The lowest BCUT2D eigenvalue weighted by Crippen LogP contribution is -2.33. The van der Waals surface area contributed by atoms with Crippen molar-refractivity contribution in [3.63, 3.8) is 0 Å². The molecule has 31 heavy (non-hydrogen) atoms. The van der Waals surface area contributed by atoms with Crippen molar-refractivity contribution in [3.8, 4) is 5.75 Å². The summed E-state index contributed by atoms with van der Waals surface area (Å²) in [5.74, 6) is -2.34. The maximum absolute atomic E-state index is 13.4. The van der Waals surface area contributed by atoms with E-state index in [0.29, 0.717) is 23.4 Å². The minimum absolute atomic E-state index is 0.0465. The number of para-hydroxylation sites is 1. The molecule has 0 bridgehead atoms. The number of carbonyl (C=O) groups is 2. The molecule has 1 aliphatic rings. The summed E-state index contributed by atoms with van der Waals surface area (Å²) in [5, 5.41) is 8.92. The van der Waals surface area contributed by atoms with Gasteiger partial charge in [0, 0.05) is 29.8 Å². The number of hydrogen-bond acceptors (Lipinski definition) is 6. The van der Waals surface area contributed by atoms with Crippen LogP contribution in [-0.4, -0.2) is 23.8 Å². The fourth-order valence-corrected chi connectivity index (χ4v) is 3.16. The lowest BCUT2D eigenvalue weighted by molar-refractivity contribution is 0.102. The van der Waals surface area contributed by atoms with Crippen molar-refractivity contribution in [2.75, 3.05) is 11.9 Å². The minimum Gasteiger partial charge on any atom is -0.492 e. The Bertz CT molecular complexity index is 1100. The van der Waals surface area contributed by atoms with E-state index in [4.69, 9.17) is 9.47 Å². The van der Waals surface area contributed by atoms with Gasteiger partial charge in [-0.25, -0.2) is 13.6 Å². The van der Waals surface area contributed by atoms with Gasteiger partial charge in [-0.05, 0) is 18.2 Å². The molecule has 1 aromatic heterocycles. The predicted octanol–water partition coefficient (Wildman–Crippen LogP) is 3.96. The first-order valence-corrected chi connectivity index (χ1v) is 9.36. The van der Waals surface area contributed by atoms with Crippen molar-refractivity contribution in [1.82, 2.24) is 10.5 Å². The normalized spacial score (nSPS) is 14.8. The third-order valence-corrected chi connectivity index (χ3v) is 4.63. The molecule has 2 heterocycles. The van der Waals surface area contributed by atoms with Crippen LogP contribution in [-0.2, 0) is 11.3 Å². The second-order valence-electron chi connectivity index (χ2n) is 6.71. The standard InChI is InChI=1S/C21H17F2N3O5/c22-16-5-4-12(10-17(16)23)24-20(27)15-3-1-2-14-18(7-8-29-19(14)15)25-21(28)30-11-13-6-9-31-26-13/h1-6,9-10,18H,7-8,11H2,(H,24,27)(H,25,28)/t18-/m0/s1. The topological polar surface area (TPSA) is 103 Å². The number of ether oxygens (including phenoxy) is 2. The molecule has 0 unspecified atom stereocenters. The molecule has 8 nitrogen and oxygen atoms in total. The highest BCUT2D eigenvalue weighted by molar-refractivity contribution is 6.06. The van der Waals surface area contributed by atoms with Crippen molar-refractivity contribution >= 4 is 17.7 Å². The van der Waals surface area contributed by atoms with Gasteiger partial charge >= 0.3 is 6.09 Å². The largest absolute Gasteiger partial charge is 0.492 e. The van der Waals surface area contributed by atoms with Crippen molar-refractivity contribution in [2.45, 2.75) is 19.1 Å². The quantitative estimate of drug-likeness (QED) is 0.637. The lowest BCUT2D eigenvalue weighted by atomic mass is 9.97. The van der Waals surface area contributed by atoms with Gasteiger partial charge in [0.15, 0.2) is 11.6 Å². The van der Waals surface area contributed by atoms with Gasteiger partial charge in [-0.15, -0.1) is 0 Å². The maximum Gasteiger partial charge on any atom is 0.408 e. The molecule has 1 aliphatic heterocycles. The molecule has 2 N–H and O–H groups in total. The van der Waals surface area contributed by atoms with Crippen LogP contribution in [0.5, 0.6) is 5.75 Å². The van der Waals surface area contributed by atoms with Crippen LogP contribution in [0, 0.1) is 11.6 Å². The summed E-state index contributed by atoms with van der Waals surface area (Å²) in [7, 11) is 0. The van der Waals surface area contributed by atoms with Crippen molar-refractivity contribution < 1.29 is 32.4 Å². The summed E-state index contributed by atoms with van der Waals surface area (Å²) in [5.41, 5.74) is 1.37. The molecule has 0 radical (unpaired) electrons. The zero-order chi connectivity index (χ0) is 21.8. The summed E-state index contributed by atoms with van der Waals surface area (Å²) in [6.45, 7) is 0.214. The highest BCUT2D eigenvalue weighted by Gasteiger charge is 2.27. The highest BCUT2D eigenvalue weighted by Crippen LogP contribution is 2.35. The van der Waals surface area contributed by atoms with Crippen molar-refractivity contribution in [3.05, 3.63) is 77.2 Å². The molecule has 3 aromatic rings. The molecule has 0 aliphatic carbocycles. The second-order valence-corrected chi connectivity index (χ2v) is 6.71. The van der Waals surface area contributed by atoms with E-state index in [9.17, 15) is 18.4 Å². The van der Waals surface area contributed by atoms with Gasteiger partial charge < -0.3 is 24.6 Å². The number of nitrogens with one attached hydrogen (secondary N) is 2. The maximum atomic E-state index is 13.4. The summed E-state index contributed by atoms with van der Waals surface area (Å²) in [4.78, 5) is 24.9. The third kappa shape index (κ3) is 4.63. The Morgan fingerprint density at radius 1 is 1.16 bits per heavy atom. The first kappa shape index (κ1) is 20.3. The van der Waals surface area contributed by atoms with Gasteiger partial charge in [0.2, 0.25) is 0 Å². The van der Waals surface area contributed by atoms with Crippen LogP contribution in [0.4, 0.5) is 19.3 Å². The Morgan fingerprint density at radius 3 is 2.81 bits per heavy atom. The van der Waals surface area contributed by atoms with E-state index in [2.05, 4.69) is 20.3 Å². The number of hydrogen-bond donors (Lipinski definition) is 2. The number of fused-ring (bicyclic) bond motifs is 1. The molecule has 10 heteroatoms. The number of alkyl carbamates (subject to hydrolysis) is 1. The Morgan fingerprint density at radius 2 is 2.03 bits per heavy atom. The number of amides is 2. The van der Waals surface area contributed by atoms with Crippen molar-refractivity contribution in [2.24, 2.45) is 0 Å². The number of benzene rings is 2. The smallest absolute Gasteiger partial charge is 0.408 e. The van der Waals surface area contributed by atoms with Gasteiger partial charge in [-0.3, -0.25) is 4.79 Å². The fourth-order valence-electron chi connectivity index (χ4n) is 3.16. The zero-order valence-electron chi connectivity index (χ0n) is 16.1. The summed E-state index contributed by atoms with van der Waals surface area (Å²) in [6.07, 6.45) is 1.19. The average molecular weight is 429 g/mol. The molecule has 0 saturated heterocycles. The number of halogens is 2. The van der Waals surface area contributed by atoms with Gasteiger partial charge in [0.1, 0.15) is 24.3 Å². The van der Waals surface area contributed by atoms with E-state index in [1.165, 1.54) is 12.3 Å². The second kappa shape index (κ2) is 8.82. The van der Waals surface area contributed by atoms with Crippen LogP contribution in [0.15, 0.2) is 53.3 Å². The summed E-state index contributed by atoms with van der Waals surface area (Å²) >= 11 is 0. The Balaban J connectivity index is 1.47. The number of rotatable bonds is 5. The van der Waals surface area contributed by atoms with Gasteiger partial charge in [-0.1, -0.05) is 17.3 Å². The van der Waals surface area contributed by atoms with E-state index in [0.717, 1.165) is 12.1 Å². The SMILES string of the molecule is O=C(N[C@H]1CCOc2c(C(=O)Nc3ccc(F)c(F)c3)cccc21)OCc1ccon1. The van der Waals surface area contributed by atoms with Crippen LogP contribution < -0.4 is 15.4 Å². The van der Waals surface area contributed by atoms with Crippen LogP contribution in [0.2, 0.25) is 0 Å². The summed E-state index contributed by atoms with van der Waals surface area (Å²) < 4.78 is 42.0. The number of carbonyl (C=O) groups excluding carboxylic acids is 2. The number of aromatic nitrogens is 1. The molecular formula is C21H17F2N3O5. The first-order valence-electron chi connectivity index (χ1n) is 9.36. The number of nitrogens with zero attached hydrogens (tertiary/aromatic N) is 1. The van der Waals surface area contributed by atoms with E-state index < -0.39 is 29.7 Å². The van der Waals surface area contributed by atoms with Crippen LogP contribution in [0.1, 0.15) is 34.1 Å². The van der Waals surface area contributed by atoms with Crippen LogP contribution in [0.3, 0.4) is 0 Å². The Kier molecular flexibility index (Phi) is 5.78. The van der Waals surface area contributed by atoms with Gasteiger partial charge in [-0.2, -0.15) is 0 Å². The zero-order valence-corrected chi connectivity index (χ0v) is 16.1. The van der Waals surface area contributed by atoms with Crippen LogP contribution >= 0.6 is 0 Å². The first-order chi connectivity index (χ1) is 15.0. The molecule has 0 saturated carbocycles. The lowest BCUT2D eigenvalue weighted by Gasteiger charge is -2.27.